The van der Waals surface area contributed by atoms with Gasteiger partial charge in [-0.1, -0.05) is 6.42 Å². The third-order valence-corrected chi connectivity index (χ3v) is 3.42. The van der Waals surface area contributed by atoms with Crippen LogP contribution in [0.3, 0.4) is 0 Å². The molecule has 0 bridgehead atoms. The topological polar surface area (TPSA) is 109 Å². The van der Waals surface area contributed by atoms with Gasteiger partial charge >= 0.3 is 49.0 Å². The second-order valence-electron chi connectivity index (χ2n) is 4.43. The van der Waals surface area contributed by atoms with Crippen LogP contribution in [-0.4, -0.2) is 34.9 Å². The van der Waals surface area contributed by atoms with Crippen molar-refractivity contribution < 1.29 is 75.1 Å². The molecule has 118 valence electrons. The van der Waals surface area contributed by atoms with Crippen LogP contribution in [0.4, 0.5) is 0 Å². The van der Waals surface area contributed by atoms with Gasteiger partial charge in [-0.15, -0.1) is 0 Å². The molecule has 1 unspecified atom stereocenters. The number of aliphatic carboxylic acids is 2. The maximum absolute atomic E-state index is 11.5. The van der Waals surface area contributed by atoms with Crippen molar-refractivity contribution in [1.82, 2.24) is 5.32 Å². The smallest absolute Gasteiger partial charge is 1.00 e. The van der Waals surface area contributed by atoms with Crippen molar-refractivity contribution >= 4 is 43.1 Å². The van der Waals surface area contributed by atoms with Crippen molar-refractivity contribution in [2.75, 3.05) is 5.75 Å². The summed E-state index contributed by atoms with van der Waals surface area (Å²) in [6.07, 6.45) is 2.44. The van der Waals surface area contributed by atoms with Crippen LogP contribution in [0.1, 0.15) is 40.0 Å². The quantitative estimate of drug-likeness (QED) is 0.181. The third-order valence-electron chi connectivity index (χ3n) is 2.64. The van der Waals surface area contributed by atoms with E-state index in [1.807, 2.05) is 0 Å². The van der Waals surface area contributed by atoms with Crippen LogP contribution in [-0.2, 0) is 33.9 Å². The SMILES string of the molecule is O=C([O-])C[C@H](NC(=O)CCCCC(S)CCS)C(=O)[O-].[H-].[Na+].[Zn+2]. The molecule has 0 spiro atoms. The van der Waals surface area contributed by atoms with Crippen molar-refractivity contribution in [2.45, 2.75) is 49.8 Å². The van der Waals surface area contributed by atoms with E-state index in [0.29, 0.717) is 6.42 Å². The second kappa shape index (κ2) is 16.6. The number of nitrogens with one attached hydrogen (secondary N) is 1. The monoisotopic (exact) mass is 409 g/mol. The van der Waals surface area contributed by atoms with Gasteiger partial charge in [0, 0.05) is 24.1 Å². The largest absolute Gasteiger partial charge is 2.00 e. The molecule has 0 aromatic carbocycles. The standard InChI is InChI=1S/C12H21NO5S2.Na.Zn.H/c14-10(4-2-1-3-8(20)5-6-19)13-9(12(17)18)7-11(15)16;;;/h8-9,19-20H,1-7H2,(H,13,14)(H,15,16)(H,17,18);;;/q;+1;+2;-1/p-2/t8?,9-;;;/m0.../s1. The number of carbonyl (C=O) groups is 3. The number of amides is 1. The van der Waals surface area contributed by atoms with Crippen LogP contribution in [0, 0.1) is 0 Å². The van der Waals surface area contributed by atoms with Crippen molar-refractivity contribution in [3.8, 4) is 0 Å². The Morgan fingerprint density at radius 1 is 1.14 bits per heavy atom. The molecule has 10 heteroatoms. The number of hydrogen-bond acceptors (Lipinski definition) is 7. The Labute approximate surface area is 177 Å². The van der Waals surface area contributed by atoms with Crippen molar-refractivity contribution in [3.05, 3.63) is 0 Å². The fourth-order valence-electron chi connectivity index (χ4n) is 1.59. The molecule has 0 saturated carbocycles. The molecule has 0 saturated heterocycles. The van der Waals surface area contributed by atoms with Gasteiger partial charge in [0.25, 0.3) is 0 Å². The molecule has 0 aromatic heterocycles. The Morgan fingerprint density at radius 3 is 2.18 bits per heavy atom. The number of hydrogen-bond donors (Lipinski definition) is 3. The zero-order valence-corrected chi connectivity index (χ0v) is 19.5. The molecule has 0 aliphatic heterocycles. The minimum Gasteiger partial charge on any atom is -1.00 e. The maximum atomic E-state index is 11.5. The minimum atomic E-state index is -1.63. The predicted molar refractivity (Wildman–Crippen MR) is 77.4 cm³/mol. The molecule has 22 heavy (non-hydrogen) atoms. The zero-order chi connectivity index (χ0) is 15.5. The number of carboxylic acids is 2. The Bertz CT molecular complexity index is 355. The van der Waals surface area contributed by atoms with E-state index in [2.05, 4.69) is 30.6 Å². The molecule has 0 aliphatic rings. The first kappa shape index (κ1) is 27.6. The van der Waals surface area contributed by atoms with Crippen molar-refractivity contribution in [1.29, 1.82) is 0 Å². The van der Waals surface area contributed by atoms with Gasteiger partial charge in [-0.3, -0.25) is 4.79 Å². The molecular weight excluding hydrogens is 391 g/mol. The van der Waals surface area contributed by atoms with E-state index in [4.69, 9.17) is 0 Å². The molecule has 0 radical (unpaired) electrons. The molecule has 6 nitrogen and oxygen atoms in total. The molecule has 2 atom stereocenters. The Hall–Kier alpha value is 0.733. The fraction of sp³-hybridized carbons (Fsp3) is 0.750. The summed E-state index contributed by atoms with van der Waals surface area (Å²) in [5.74, 6) is -2.94. The van der Waals surface area contributed by atoms with Crippen LogP contribution in [0.2, 0.25) is 0 Å². The maximum Gasteiger partial charge on any atom is 2.00 e. The van der Waals surface area contributed by atoms with E-state index in [1.165, 1.54) is 0 Å². The van der Waals surface area contributed by atoms with E-state index in [9.17, 15) is 24.6 Å². The Morgan fingerprint density at radius 2 is 1.73 bits per heavy atom. The zero-order valence-electron chi connectivity index (χ0n) is 13.7. The molecular formula is C12H20NNaO5S2Zn. The van der Waals surface area contributed by atoms with Crippen molar-refractivity contribution in [2.24, 2.45) is 0 Å². The summed E-state index contributed by atoms with van der Waals surface area (Å²) in [6.45, 7) is 0. The Balaban J connectivity index is -0.000000602. The third kappa shape index (κ3) is 15.6. The number of carboxylic acid groups (broad SMARTS) is 2. The van der Waals surface area contributed by atoms with Gasteiger partial charge in [0.05, 0.1) is 12.0 Å². The molecule has 0 aromatic rings. The Kier molecular flexibility index (Phi) is 20.8. The number of carbonyl (C=O) groups excluding carboxylic acids is 3. The molecule has 0 heterocycles. The first-order valence-corrected chi connectivity index (χ1v) is 7.50. The van der Waals surface area contributed by atoms with Gasteiger partial charge < -0.3 is 26.5 Å². The molecule has 1 amide bonds. The summed E-state index contributed by atoms with van der Waals surface area (Å²) < 4.78 is 0. The molecule has 0 fully saturated rings. The predicted octanol–water partition coefficient (Wildman–Crippen LogP) is -4.35. The summed E-state index contributed by atoms with van der Waals surface area (Å²) in [6, 6.07) is -1.55. The summed E-state index contributed by atoms with van der Waals surface area (Å²) in [4.78, 5) is 32.4. The van der Waals surface area contributed by atoms with Gasteiger partial charge in [-0.25, -0.2) is 0 Å². The van der Waals surface area contributed by atoms with Gasteiger partial charge in [-0.2, -0.15) is 25.3 Å². The van der Waals surface area contributed by atoms with Gasteiger partial charge in [-0.05, 0) is 25.0 Å². The summed E-state index contributed by atoms with van der Waals surface area (Å²) in [7, 11) is 0. The first-order chi connectivity index (χ1) is 9.36. The van der Waals surface area contributed by atoms with Gasteiger partial charge in [0.15, 0.2) is 0 Å². The van der Waals surface area contributed by atoms with Crippen LogP contribution in [0.5, 0.6) is 0 Å². The van der Waals surface area contributed by atoms with E-state index in [0.717, 1.165) is 25.0 Å². The van der Waals surface area contributed by atoms with E-state index >= 15 is 0 Å². The number of thiol groups is 2. The molecule has 0 rings (SSSR count). The van der Waals surface area contributed by atoms with Gasteiger partial charge in [0.2, 0.25) is 5.91 Å². The average Bonchev–Trinajstić information content (AvgIpc) is 2.33. The summed E-state index contributed by atoms with van der Waals surface area (Å²) in [5, 5.41) is 23.3. The van der Waals surface area contributed by atoms with E-state index in [1.54, 1.807) is 0 Å². The first-order valence-electron chi connectivity index (χ1n) is 6.35. The molecule has 0 aliphatic carbocycles. The molecule has 1 N–H and O–H groups in total. The van der Waals surface area contributed by atoms with Crippen LogP contribution in [0.15, 0.2) is 0 Å². The average molecular weight is 411 g/mol. The van der Waals surface area contributed by atoms with Crippen molar-refractivity contribution in [3.63, 3.8) is 0 Å². The van der Waals surface area contributed by atoms with Crippen LogP contribution in [0.25, 0.3) is 0 Å². The number of rotatable bonds is 11. The van der Waals surface area contributed by atoms with Crippen LogP contribution >= 0.6 is 25.3 Å². The van der Waals surface area contributed by atoms with E-state index in [-0.39, 0.29) is 62.1 Å². The summed E-state index contributed by atoms with van der Waals surface area (Å²) >= 11 is 8.44. The number of unbranched alkanes of at least 4 members (excludes halogenated alkanes) is 1. The van der Waals surface area contributed by atoms with Gasteiger partial charge in [0.1, 0.15) is 0 Å². The fourth-order valence-corrected chi connectivity index (χ4v) is 2.41. The minimum absolute atomic E-state index is 0. The van der Waals surface area contributed by atoms with Crippen LogP contribution < -0.4 is 45.1 Å². The normalized spacial score (nSPS) is 12.3. The summed E-state index contributed by atoms with van der Waals surface area (Å²) in [5.41, 5.74) is 0. The van der Waals surface area contributed by atoms with E-state index < -0.39 is 30.3 Å². The second-order valence-corrected chi connectivity index (χ2v) is 5.60.